The van der Waals surface area contributed by atoms with E-state index in [1.807, 2.05) is 0 Å². The van der Waals surface area contributed by atoms with Gasteiger partial charge in [0.05, 0.1) is 6.10 Å². The molecule has 0 bridgehead atoms. The number of aliphatic hydroxyl groups excluding tert-OH is 1. The highest BCUT2D eigenvalue weighted by molar-refractivity contribution is 4.93. The third-order valence-corrected chi connectivity index (χ3v) is 5.03. The zero-order chi connectivity index (χ0) is 11.0. The molecule has 2 saturated carbocycles. The number of fused-ring (bicyclic) bond motifs is 1. The third-order valence-electron chi connectivity index (χ3n) is 5.03. The van der Waals surface area contributed by atoms with Crippen LogP contribution < -0.4 is 0 Å². The van der Waals surface area contributed by atoms with Gasteiger partial charge in [-0.15, -0.1) is 0 Å². The quantitative estimate of drug-likeness (QED) is 0.702. The Morgan fingerprint density at radius 3 is 2.53 bits per heavy atom. The lowest BCUT2D eigenvalue weighted by molar-refractivity contribution is -0.0596. The molecule has 2 rings (SSSR count). The first kappa shape index (κ1) is 11.4. The van der Waals surface area contributed by atoms with Crippen LogP contribution in [0.25, 0.3) is 0 Å². The topological polar surface area (TPSA) is 20.2 Å². The van der Waals surface area contributed by atoms with Crippen LogP contribution >= 0.6 is 0 Å². The molecule has 0 heterocycles. The molecular formula is C14H26O. The van der Waals surface area contributed by atoms with Gasteiger partial charge in [0.1, 0.15) is 0 Å². The van der Waals surface area contributed by atoms with Crippen molar-refractivity contribution in [1.29, 1.82) is 0 Å². The highest BCUT2D eigenvalue weighted by atomic mass is 16.3. The predicted octanol–water partition coefficient (Wildman–Crippen LogP) is 3.47. The van der Waals surface area contributed by atoms with Gasteiger partial charge in [0, 0.05) is 0 Å². The van der Waals surface area contributed by atoms with Gasteiger partial charge in [-0.1, -0.05) is 33.6 Å². The van der Waals surface area contributed by atoms with E-state index >= 15 is 0 Å². The molecule has 0 spiro atoms. The van der Waals surface area contributed by atoms with Gasteiger partial charge in [0.15, 0.2) is 0 Å². The van der Waals surface area contributed by atoms with Crippen LogP contribution in [-0.4, -0.2) is 11.2 Å². The summed E-state index contributed by atoms with van der Waals surface area (Å²) >= 11 is 0. The molecule has 2 fully saturated rings. The van der Waals surface area contributed by atoms with Crippen LogP contribution in [0.3, 0.4) is 0 Å². The fraction of sp³-hybridized carbons (Fsp3) is 1.00. The standard InChI is InChI=1S/C14H26O/c1-4-12-10(3)5-6-11-7-9(2)8-13(15)14(11)12/h9-15H,4-8H2,1-3H3/t9-,10?,11?,12-,13-,14?/m0/s1. The van der Waals surface area contributed by atoms with Crippen LogP contribution in [0, 0.1) is 29.6 Å². The largest absolute Gasteiger partial charge is 0.393 e. The van der Waals surface area contributed by atoms with Crippen molar-refractivity contribution < 1.29 is 5.11 Å². The molecule has 0 radical (unpaired) electrons. The maximum Gasteiger partial charge on any atom is 0.0576 e. The molecule has 2 aliphatic carbocycles. The second-order valence-electron chi connectivity index (χ2n) is 6.11. The van der Waals surface area contributed by atoms with E-state index in [1.165, 1.54) is 25.7 Å². The van der Waals surface area contributed by atoms with Gasteiger partial charge in [-0.25, -0.2) is 0 Å². The van der Waals surface area contributed by atoms with E-state index in [9.17, 15) is 5.11 Å². The molecule has 3 unspecified atom stereocenters. The van der Waals surface area contributed by atoms with Gasteiger partial charge in [-0.05, 0) is 48.9 Å². The monoisotopic (exact) mass is 210 g/mol. The highest BCUT2D eigenvalue weighted by Crippen LogP contribution is 2.48. The van der Waals surface area contributed by atoms with Gasteiger partial charge >= 0.3 is 0 Å². The van der Waals surface area contributed by atoms with Crippen molar-refractivity contribution in [3.8, 4) is 0 Å². The van der Waals surface area contributed by atoms with E-state index in [-0.39, 0.29) is 6.10 Å². The maximum atomic E-state index is 10.3. The molecule has 1 heteroatoms. The van der Waals surface area contributed by atoms with Crippen LogP contribution in [-0.2, 0) is 0 Å². The molecule has 6 atom stereocenters. The Bertz CT molecular complexity index is 213. The first-order valence-corrected chi connectivity index (χ1v) is 6.81. The number of aliphatic hydroxyl groups is 1. The van der Waals surface area contributed by atoms with E-state index < -0.39 is 0 Å². The lowest BCUT2D eigenvalue weighted by Crippen LogP contribution is -2.45. The van der Waals surface area contributed by atoms with E-state index in [4.69, 9.17) is 0 Å². The summed E-state index contributed by atoms with van der Waals surface area (Å²) in [7, 11) is 0. The molecule has 0 aromatic rings. The molecule has 1 nitrogen and oxygen atoms in total. The Morgan fingerprint density at radius 2 is 1.87 bits per heavy atom. The molecule has 0 aliphatic heterocycles. The van der Waals surface area contributed by atoms with E-state index in [2.05, 4.69) is 20.8 Å². The van der Waals surface area contributed by atoms with E-state index in [0.717, 1.165) is 30.1 Å². The first-order valence-electron chi connectivity index (χ1n) is 6.81. The number of rotatable bonds is 1. The third kappa shape index (κ3) is 2.08. The van der Waals surface area contributed by atoms with Crippen molar-refractivity contribution in [3.05, 3.63) is 0 Å². The smallest absolute Gasteiger partial charge is 0.0576 e. The van der Waals surface area contributed by atoms with Crippen molar-refractivity contribution in [2.45, 2.75) is 59.0 Å². The van der Waals surface area contributed by atoms with E-state index in [1.54, 1.807) is 0 Å². The lowest BCUT2D eigenvalue weighted by atomic mass is 9.58. The predicted molar refractivity (Wildman–Crippen MR) is 63.6 cm³/mol. The minimum Gasteiger partial charge on any atom is -0.393 e. The number of hydrogen-bond acceptors (Lipinski definition) is 1. The Labute approximate surface area is 94.3 Å². The Balaban J connectivity index is 2.13. The van der Waals surface area contributed by atoms with Crippen molar-refractivity contribution in [2.75, 3.05) is 0 Å². The lowest BCUT2D eigenvalue weighted by Gasteiger charge is -2.48. The van der Waals surface area contributed by atoms with Gasteiger partial charge < -0.3 is 5.11 Å². The van der Waals surface area contributed by atoms with Gasteiger partial charge in [0.2, 0.25) is 0 Å². The average Bonchev–Trinajstić information content (AvgIpc) is 2.18. The summed E-state index contributed by atoms with van der Waals surface area (Å²) in [5.41, 5.74) is 0. The minimum absolute atomic E-state index is 0.00792. The zero-order valence-electron chi connectivity index (χ0n) is 10.4. The van der Waals surface area contributed by atoms with Crippen LogP contribution in [0.2, 0.25) is 0 Å². The molecule has 0 saturated heterocycles. The fourth-order valence-electron chi connectivity index (χ4n) is 4.34. The first-order chi connectivity index (χ1) is 7.13. The van der Waals surface area contributed by atoms with Crippen LogP contribution in [0.5, 0.6) is 0 Å². The molecule has 15 heavy (non-hydrogen) atoms. The van der Waals surface area contributed by atoms with Gasteiger partial charge in [-0.2, -0.15) is 0 Å². The number of hydrogen-bond donors (Lipinski definition) is 1. The molecule has 0 aromatic heterocycles. The normalized spacial score (nSPS) is 51.2. The minimum atomic E-state index is -0.00792. The van der Waals surface area contributed by atoms with Crippen molar-refractivity contribution >= 4 is 0 Å². The summed E-state index contributed by atoms with van der Waals surface area (Å²) in [5, 5.41) is 10.3. The summed E-state index contributed by atoms with van der Waals surface area (Å²) in [6, 6.07) is 0. The Morgan fingerprint density at radius 1 is 1.13 bits per heavy atom. The SMILES string of the molecule is CC[C@H]1C(C)CCC2C[C@H](C)C[C@H](O)C21. The summed E-state index contributed by atoms with van der Waals surface area (Å²) in [5.74, 6) is 3.80. The highest BCUT2D eigenvalue weighted by Gasteiger charge is 2.43. The summed E-state index contributed by atoms with van der Waals surface area (Å²) in [4.78, 5) is 0. The summed E-state index contributed by atoms with van der Waals surface area (Å²) in [6.07, 6.45) is 6.41. The Hall–Kier alpha value is -0.0400. The van der Waals surface area contributed by atoms with Crippen LogP contribution in [0.4, 0.5) is 0 Å². The summed E-state index contributed by atoms with van der Waals surface area (Å²) < 4.78 is 0. The van der Waals surface area contributed by atoms with Crippen molar-refractivity contribution in [1.82, 2.24) is 0 Å². The second-order valence-corrected chi connectivity index (χ2v) is 6.11. The average molecular weight is 210 g/mol. The molecule has 0 aromatic carbocycles. The summed E-state index contributed by atoms with van der Waals surface area (Å²) in [6.45, 7) is 6.99. The van der Waals surface area contributed by atoms with Crippen LogP contribution in [0.1, 0.15) is 52.9 Å². The molecule has 1 N–H and O–H groups in total. The molecule has 2 aliphatic rings. The van der Waals surface area contributed by atoms with Gasteiger partial charge in [0.25, 0.3) is 0 Å². The molecule has 88 valence electrons. The van der Waals surface area contributed by atoms with Crippen LogP contribution in [0.15, 0.2) is 0 Å². The fourth-order valence-corrected chi connectivity index (χ4v) is 4.34. The van der Waals surface area contributed by atoms with Crippen molar-refractivity contribution in [3.63, 3.8) is 0 Å². The maximum absolute atomic E-state index is 10.3. The van der Waals surface area contributed by atoms with Gasteiger partial charge in [-0.3, -0.25) is 0 Å². The van der Waals surface area contributed by atoms with Crippen molar-refractivity contribution in [2.24, 2.45) is 29.6 Å². The van der Waals surface area contributed by atoms with E-state index in [0.29, 0.717) is 5.92 Å². The zero-order valence-corrected chi connectivity index (χ0v) is 10.4. The second kappa shape index (κ2) is 4.45. The molecular weight excluding hydrogens is 184 g/mol. The molecule has 0 amide bonds. The Kier molecular flexibility index (Phi) is 3.39.